The molecule has 1 amide bonds. The number of anilines is 1. The topological polar surface area (TPSA) is 70.9 Å². The smallest absolute Gasteiger partial charge is 0.248 e. The van der Waals surface area contributed by atoms with Gasteiger partial charge in [0.15, 0.2) is 0 Å². The Morgan fingerprint density at radius 1 is 1.37 bits per heavy atom. The largest absolute Gasteiger partial charge is 0.465 e. The van der Waals surface area contributed by atoms with Gasteiger partial charge in [0.1, 0.15) is 5.76 Å². The molecule has 0 saturated heterocycles. The summed E-state index contributed by atoms with van der Waals surface area (Å²) < 4.78 is 5.10. The number of H-pyrrole nitrogens is 1. The van der Waals surface area contributed by atoms with Gasteiger partial charge >= 0.3 is 0 Å². The van der Waals surface area contributed by atoms with E-state index in [1.54, 1.807) is 30.7 Å². The van der Waals surface area contributed by atoms with E-state index in [1.807, 2.05) is 18.2 Å². The first kappa shape index (κ1) is 11.3. The molecule has 94 valence electrons. The lowest BCUT2D eigenvalue weighted by Crippen LogP contribution is -2.07. The van der Waals surface area contributed by atoms with Crippen LogP contribution in [0.15, 0.2) is 53.3 Å². The highest BCUT2D eigenvalue weighted by Gasteiger charge is 2.01. The van der Waals surface area contributed by atoms with E-state index in [2.05, 4.69) is 15.5 Å². The average Bonchev–Trinajstić information content (AvgIpc) is 3.07. The van der Waals surface area contributed by atoms with Gasteiger partial charge in [0.2, 0.25) is 5.91 Å². The van der Waals surface area contributed by atoms with Crippen LogP contribution in [-0.4, -0.2) is 16.1 Å². The molecule has 0 fully saturated rings. The fraction of sp³-hybridized carbons (Fsp3) is 0. The summed E-state index contributed by atoms with van der Waals surface area (Å²) in [7, 11) is 0. The van der Waals surface area contributed by atoms with Crippen LogP contribution in [0, 0.1) is 0 Å². The molecule has 2 aromatic heterocycles. The van der Waals surface area contributed by atoms with Crippen LogP contribution in [0.25, 0.3) is 17.0 Å². The van der Waals surface area contributed by atoms with Gasteiger partial charge in [-0.05, 0) is 36.4 Å². The van der Waals surface area contributed by atoms with Gasteiger partial charge in [0, 0.05) is 17.1 Å². The molecule has 0 aliphatic rings. The Bertz CT molecular complexity index is 726. The Balaban J connectivity index is 1.71. The zero-order valence-corrected chi connectivity index (χ0v) is 9.96. The van der Waals surface area contributed by atoms with E-state index in [9.17, 15) is 4.79 Å². The van der Waals surface area contributed by atoms with E-state index >= 15 is 0 Å². The first-order valence-corrected chi connectivity index (χ1v) is 5.77. The number of carbonyl (C=O) groups is 1. The quantitative estimate of drug-likeness (QED) is 0.705. The van der Waals surface area contributed by atoms with Crippen molar-refractivity contribution in [3.8, 4) is 0 Å². The number of rotatable bonds is 3. The average molecular weight is 253 g/mol. The second kappa shape index (κ2) is 4.81. The third-order valence-electron chi connectivity index (χ3n) is 2.65. The first-order chi connectivity index (χ1) is 9.31. The monoisotopic (exact) mass is 253 g/mol. The predicted octanol–water partition coefficient (Wildman–Crippen LogP) is 2.81. The molecule has 5 nitrogen and oxygen atoms in total. The summed E-state index contributed by atoms with van der Waals surface area (Å²) in [5, 5.41) is 10.6. The van der Waals surface area contributed by atoms with Crippen LogP contribution in [0.5, 0.6) is 0 Å². The summed E-state index contributed by atoms with van der Waals surface area (Å²) in [5.74, 6) is 0.425. The number of hydrogen-bond donors (Lipinski definition) is 2. The number of nitrogens with zero attached hydrogens (tertiary/aromatic N) is 1. The van der Waals surface area contributed by atoms with Gasteiger partial charge in [-0.3, -0.25) is 9.89 Å². The number of aromatic nitrogens is 2. The molecule has 0 bridgehead atoms. The molecule has 5 heteroatoms. The van der Waals surface area contributed by atoms with Gasteiger partial charge < -0.3 is 9.73 Å². The molecule has 2 heterocycles. The maximum Gasteiger partial charge on any atom is 0.248 e. The molecule has 0 atom stereocenters. The number of aromatic amines is 1. The molecular weight excluding hydrogens is 242 g/mol. The van der Waals surface area contributed by atoms with E-state index in [4.69, 9.17) is 4.42 Å². The maximum atomic E-state index is 11.7. The highest BCUT2D eigenvalue weighted by atomic mass is 16.3. The Hall–Kier alpha value is -2.82. The van der Waals surface area contributed by atoms with Gasteiger partial charge in [-0.15, -0.1) is 0 Å². The summed E-state index contributed by atoms with van der Waals surface area (Å²) >= 11 is 0. The molecule has 1 aromatic carbocycles. The summed E-state index contributed by atoms with van der Waals surface area (Å²) in [4.78, 5) is 11.7. The molecule has 0 aliphatic carbocycles. The molecule has 3 rings (SSSR count). The SMILES string of the molecule is O=C(/C=C/c1ccco1)Nc1ccc2cn[nH]c2c1. The minimum Gasteiger partial charge on any atom is -0.465 e. The van der Waals surface area contributed by atoms with Crippen molar-refractivity contribution in [2.24, 2.45) is 0 Å². The lowest BCUT2D eigenvalue weighted by atomic mass is 10.2. The van der Waals surface area contributed by atoms with Crippen LogP contribution in [0.3, 0.4) is 0 Å². The van der Waals surface area contributed by atoms with Crippen LogP contribution in [0.2, 0.25) is 0 Å². The van der Waals surface area contributed by atoms with Gasteiger partial charge in [0.25, 0.3) is 0 Å². The predicted molar refractivity (Wildman–Crippen MR) is 72.5 cm³/mol. The molecule has 0 unspecified atom stereocenters. The van der Waals surface area contributed by atoms with Crippen molar-refractivity contribution in [3.63, 3.8) is 0 Å². The number of fused-ring (bicyclic) bond motifs is 1. The van der Waals surface area contributed by atoms with E-state index in [1.165, 1.54) is 6.08 Å². The summed E-state index contributed by atoms with van der Waals surface area (Å²) in [6, 6.07) is 9.10. The number of furan rings is 1. The first-order valence-electron chi connectivity index (χ1n) is 5.77. The maximum absolute atomic E-state index is 11.7. The minimum atomic E-state index is -0.213. The van der Waals surface area contributed by atoms with Crippen molar-refractivity contribution < 1.29 is 9.21 Å². The van der Waals surface area contributed by atoms with E-state index in [-0.39, 0.29) is 5.91 Å². The Morgan fingerprint density at radius 3 is 3.16 bits per heavy atom. The van der Waals surface area contributed by atoms with Crippen LogP contribution in [0.4, 0.5) is 5.69 Å². The highest BCUT2D eigenvalue weighted by Crippen LogP contribution is 2.16. The van der Waals surface area contributed by atoms with E-state index in [0.29, 0.717) is 11.4 Å². The molecule has 3 aromatic rings. The molecule has 19 heavy (non-hydrogen) atoms. The van der Waals surface area contributed by atoms with Gasteiger partial charge in [-0.1, -0.05) is 0 Å². The third-order valence-corrected chi connectivity index (χ3v) is 2.65. The van der Waals surface area contributed by atoms with E-state index < -0.39 is 0 Å². The normalized spacial score (nSPS) is 11.2. The summed E-state index contributed by atoms with van der Waals surface area (Å²) in [6.45, 7) is 0. The Morgan fingerprint density at radius 2 is 2.32 bits per heavy atom. The summed E-state index contributed by atoms with van der Waals surface area (Å²) in [5.41, 5.74) is 1.60. The zero-order valence-electron chi connectivity index (χ0n) is 9.96. The number of carbonyl (C=O) groups excluding carboxylic acids is 1. The molecule has 0 radical (unpaired) electrons. The van der Waals surface area contributed by atoms with Crippen molar-refractivity contribution in [3.05, 3.63) is 54.6 Å². The second-order valence-corrected chi connectivity index (χ2v) is 4.01. The van der Waals surface area contributed by atoms with Gasteiger partial charge in [0.05, 0.1) is 18.0 Å². The Kier molecular flexibility index (Phi) is 2.86. The molecule has 0 spiro atoms. The van der Waals surface area contributed by atoms with Crippen molar-refractivity contribution in [2.75, 3.05) is 5.32 Å². The summed E-state index contributed by atoms with van der Waals surface area (Å²) in [6.07, 6.45) is 6.33. The van der Waals surface area contributed by atoms with E-state index in [0.717, 1.165) is 10.9 Å². The zero-order chi connectivity index (χ0) is 13.1. The Labute approximate surface area is 108 Å². The molecule has 0 saturated carbocycles. The molecule has 0 aliphatic heterocycles. The van der Waals surface area contributed by atoms with Crippen molar-refractivity contribution in [1.29, 1.82) is 0 Å². The fourth-order valence-corrected chi connectivity index (χ4v) is 1.74. The number of hydrogen-bond acceptors (Lipinski definition) is 3. The van der Waals surface area contributed by atoms with Crippen molar-refractivity contribution in [1.82, 2.24) is 10.2 Å². The highest BCUT2D eigenvalue weighted by molar-refractivity contribution is 6.02. The van der Waals surface area contributed by atoms with Crippen LogP contribution < -0.4 is 5.32 Å². The standard InChI is InChI=1S/C14H11N3O2/c18-14(6-5-12-2-1-7-19-12)16-11-4-3-10-9-15-17-13(10)8-11/h1-9H,(H,15,17)(H,16,18)/b6-5+. The molecular formula is C14H11N3O2. The minimum absolute atomic E-state index is 0.213. The third kappa shape index (κ3) is 2.55. The number of amides is 1. The molecule has 2 N–H and O–H groups in total. The van der Waals surface area contributed by atoms with Crippen molar-refractivity contribution >= 4 is 28.6 Å². The number of benzene rings is 1. The van der Waals surface area contributed by atoms with Gasteiger partial charge in [-0.25, -0.2) is 0 Å². The second-order valence-electron chi connectivity index (χ2n) is 4.01. The van der Waals surface area contributed by atoms with Crippen LogP contribution in [0.1, 0.15) is 5.76 Å². The lowest BCUT2D eigenvalue weighted by molar-refractivity contribution is -0.111. The number of nitrogens with one attached hydrogen (secondary N) is 2. The lowest BCUT2D eigenvalue weighted by Gasteiger charge is -2.01. The van der Waals surface area contributed by atoms with Crippen molar-refractivity contribution in [2.45, 2.75) is 0 Å². The van der Waals surface area contributed by atoms with Crippen LogP contribution in [-0.2, 0) is 4.79 Å². The fourth-order valence-electron chi connectivity index (χ4n) is 1.74. The van der Waals surface area contributed by atoms with Crippen LogP contribution >= 0.6 is 0 Å². The van der Waals surface area contributed by atoms with Gasteiger partial charge in [-0.2, -0.15) is 5.10 Å².